The molecule has 2 rings (SSSR count). The van der Waals surface area contributed by atoms with E-state index >= 15 is 0 Å². The number of rotatable bonds is 3. The molecule has 0 aliphatic rings. The summed E-state index contributed by atoms with van der Waals surface area (Å²) < 4.78 is 5.15. The lowest BCUT2D eigenvalue weighted by Gasteiger charge is -2.01. The minimum absolute atomic E-state index is 0.316. The van der Waals surface area contributed by atoms with Crippen LogP contribution in [-0.4, -0.2) is 11.6 Å². The lowest BCUT2D eigenvalue weighted by Crippen LogP contribution is -2.19. The van der Waals surface area contributed by atoms with Gasteiger partial charge in [-0.1, -0.05) is 17.7 Å². The van der Waals surface area contributed by atoms with E-state index in [0.29, 0.717) is 22.1 Å². The maximum absolute atomic E-state index is 11.8. The highest BCUT2D eigenvalue weighted by atomic mass is 35.5. The predicted molar refractivity (Wildman–Crippen MR) is 69.8 cm³/mol. The van der Waals surface area contributed by atoms with Crippen LogP contribution in [0.1, 0.15) is 23.0 Å². The molecule has 0 saturated heterocycles. The van der Waals surface area contributed by atoms with Crippen LogP contribution in [0.5, 0.6) is 0 Å². The standard InChI is InChI=1S/C13H11ClN2O2/c1-9(12-6-3-7-18-12)15-16-13(17)10-4-2-5-11(14)8-10/h2-8H,1H3,(H,16,17)/b15-9-. The molecule has 1 heterocycles. The molecule has 2 aromatic rings. The highest BCUT2D eigenvalue weighted by molar-refractivity contribution is 6.30. The second-order valence-electron chi connectivity index (χ2n) is 3.63. The Bertz CT molecular complexity index is 576. The minimum atomic E-state index is -0.316. The van der Waals surface area contributed by atoms with E-state index in [-0.39, 0.29) is 5.91 Å². The first-order valence-corrected chi connectivity index (χ1v) is 5.68. The molecule has 5 heteroatoms. The maximum atomic E-state index is 11.8. The quantitative estimate of drug-likeness (QED) is 0.683. The summed E-state index contributed by atoms with van der Waals surface area (Å²) in [6.45, 7) is 1.75. The zero-order valence-corrected chi connectivity index (χ0v) is 10.4. The number of hydrogen-bond acceptors (Lipinski definition) is 3. The van der Waals surface area contributed by atoms with Crippen molar-refractivity contribution in [1.82, 2.24) is 5.43 Å². The van der Waals surface area contributed by atoms with Gasteiger partial charge in [0.15, 0.2) is 0 Å². The topological polar surface area (TPSA) is 54.6 Å². The molecule has 1 amide bonds. The molecule has 1 aromatic heterocycles. The van der Waals surface area contributed by atoms with Gasteiger partial charge in [0.2, 0.25) is 0 Å². The molecule has 0 spiro atoms. The Morgan fingerprint density at radius 2 is 2.17 bits per heavy atom. The Kier molecular flexibility index (Phi) is 3.79. The van der Waals surface area contributed by atoms with Gasteiger partial charge in [-0.25, -0.2) is 5.43 Å². The van der Waals surface area contributed by atoms with Crippen LogP contribution in [0.3, 0.4) is 0 Å². The molecular weight excluding hydrogens is 252 g/mol. The summed E-state index contributed by atoms with van der Waals surface area (Å²) >= 11 is 5.80. The number of furan rings is 1. The van der Waals surface area contributed by atoms with Crippen molar-refractivity contribution in [3.63, 3.8) is 0 Å². The third kappa shape index (κ3) is 2.99. The minimum Gasteiger partial charge on any atom is -0.463 e. The number of nitrogens with one attached hydrogen (secondary N) is 1. The van der Waals surface area contributed by atoms with E-state index in [9.17, 15) is 4.79 Å². The fourth-order valence-corrected chi connectivity index (χ4v) is 1.56. The summed E-state index contributed by atoms with van der Waals surface area (Å²) in [5.41, 5.74) is 3.49. The number of amides is 1. The van der Waals surface area contributed by atoms with Crippen molar-refractivity contribution < 1.29 is 9.21 Å². The van der Waals surface area contributed by atoms with E-state index in [1.165, 1.54) is 0 Å². The van der Waals surface area contributed by atoms with Crippen LogP contribution in [0.4, 0.5) is 0 Å². The molecule has 92 valence electrons. The largest absolute Gasteiger partial charge is 0.463 e. The van der Waals surface area contributed by atoms with Crippen LogP contribution in [0, 0.1) is 0 Å². The van der Waals surface area contributed by atoms with Gasteiger partial charge in [0.1, 0.15) is 11.5 Å². The highest BCUT2D eigenvalue weighted by Gasteiger charge is 2.05. The Morgan fingerprint density at radius 1 is 1.33 bits per heavy atom. The van der Waals surface area contributed by atoms with Crippen molar-refractivity contribution in [3.05, 3.63) is 59.0 Å². The molecule has 1 aromatic carbocycles. The van der Waals surface area contributed by atoms with Gasteiger partial charge >= 0.3 is 0 Å². The van der Waals surface area contributed by atoms with Gasteiger partial charge in [0.25, 0.3) is 5.91 Å². The van der Waals surface area contributed by atoms with Crippen molar-refractivity contribution in [2.75, 3.05) is 0 Å². The molecule has 1 N–H and O–H groups in total. The average Bonchev–Trinajstić information content (AvgIpc) is 2.89. The van der Waals surface area contributed by atoms with E-state index in [4.69, 9.17) is 16.0 Å². The van der Waals surface area contributed by atoms with Crippen molar-refractivity contribution in [2.45, 2.75) is 6.92 Å². The summed E-state index contributed by atoms with van der Waals surface area (Å²) in [7, 11) is 0. The van der Waals surface area contributed by atoms with Crippen LogP contribution in [-0.2, 0) is 0 Å². The van der Waals surface area contributed by atoms with E-state index in [2.05, 4.69) is 10.5 Å². The van der Waals surface area contributed by atoms with Gasteiger partial charge < -0.3 is 4.42 Å². The first kappa shape index (κ1) is 12.4. The molecule has 18 heavy (non-hydrogen) atoms. The Balaban J connectivity index is 2.07. The van der Waals surface area contributed by atoms with Gasteiger partial charge in [-0.2, -0.15) is 5.10 Å². The van der Waals surface area contributed by atoms with Crippen molar-refractivity contribution in [3.8, 4) is 0 Å². The summed E-state index contributed by atoms with van der Waals surface area (Å²) in [5, 5.41) is 4.46. The first-order valence-electron chi connectivity index (χ1n) is 5.31. The highest BCUT2D eigenvalue weighted by Crippen LogP contribution is 2.10. The van der Waals surface area contributed by atoms with Gasteiger partial charge in [-0.15, -0.1) is 0 Å². The molecule has 0 aliphatic carbocycles. The average molecular weight is 263 g/mol. The van der Waals surface area contributed by atoms with Crippen LogP contribution in [0.15, 0.2) is 52.2 Å². The van der Waals surface area contributed by atoms with Crippen molar-refractivity contribution in [1.29, 1.82) is 0 Å². The fraction of sp³-hybridized carbons (Fsp3) is 0.0769. The number of nitrogens with zero attached hydrogens (tertiary/aromatic N) is 1. The number of hydrogen-bond donors (Lipinski definition) is 1. The Labute approximate surface area is 109 Å². The smallest absolute Gasteiger partial charge is 0.271 e. The normalized spacial score (nSPS) is 11.3. The van der Waals surface area contributed by atoms with Crippen molar-refractivity contribution >= 4 is 23.2 Å². The summed E-state index contributed by atoms with van der Waals surface area (Å²) in [6.07, 6.45) is 1.55. The second kappa shape index (κ2) is 5.51. The number of carbonyl (C=O) groups excluding carboxylic acids is 1. The molecule has 0 atom stereocenters. The SMILES string of the molecule is C/C(=N/NC(=O)c1cccc(Cl)c1)c1ccco1. The first-order chi connectivity index (χ1) is 8.66. The monoisotopic (exact) mass is 262 g/mol. The summed E-state index contributed by atoms with van der Waals surface area (Å²) in [5.74, 6) is 0.296. The summed E-state index contributed by atoms with van der Waals surface area (Å²) in [6, 6.07) is 10.2. The van der Waals surface area contributed by atoms with Gasteiger partial charge in [-0.3, -0.25) is 4.79 Å². The van der Waals surface area contributed by atoms with Crippen LogP contribution in [0.2, 0.25) is 5.02 Å². The number of hydrazone groups is 1. The number of carbonyl (C=O) groups is 1. The zero-order valence-electron chi connectivity index (χ0n) is 9.68. The van der Waals surface area contributed by atoms with E-state index in [1.54, 1.807) is 49.6 Å². The summed E-state index contributed by atoms with van der Waals surface area (Å²) in [4.78, 5) is 11.8. The van der Waals surface area contributed by atoms with Gasteiger partial charge in [0.05, 0.1) is 6.26 Å². The fourth-order valence-electron chi connectivity index (χ4n) is 1.37. The second-order valence-corrected chi connectivity index (χ2v) is 4.06. The molecule has 0 aliphatic heterocycles. The molecule has 0 unspecified atom stereocenters. The molecule has 0 bridgehead atoms. The van der Waals surface area contributed by atoms with Crippen molar-refractivity contribution in [2.24, 2.45) is 5.10 Å². The van der Waals surface area contributed by atoms with E-state index in [1.807, 2.05) is 0 Å². The Hall–Kier alpha value is -2.07. The van der Waals surface area contributed by atoms with Crippen LogP contribution in [0.25, 0.3) is 0 Å². The van der Waals surface area contributed by atoms with Gasteiger partial charge in [0, 0.05) is 10.6 Å². The molecular formula is C13H11ClN2O2. The predicted octanol–water partition coefficient (Wildman–Crippen LogP) is 3.09. The molecule has 4 nitrogen and oxygen atoms in total. The third-order valence-corrected chi connectivity index (χ3v) is 2.52. The molecule has 0 radical (unpaired) electrons. The van der Waals surface area contributed by atoms with E-state index in [0.717, 1.165) is 0 Å². The zero-order chi connectivity index (χ0) is 13.0. The van der Waals surface area contributed by atoms with Crippen LogP contribution < -0.4 is 5.43 Å². The molecule has 0 saturated carbocycles. The number of benzene rings is 1. The van der Waals surface area contributed by atoms with Gasteiger partial charge in [-0.05, 0) is 37.3 Å². The van der Waals surface area contributed by atoms with Crippen LogP contribution >= 0.6 is 11.6 Å². The Morgan fingerprint density at radius 3 is 2.83 bits per heavy atom. The third-order valence-electron chi connectivity index (χ3n) is 2.29. The lowest BCUT2D eigenvalue weighted by atomic mass is 10.2. The maximum Gasteiger partial charge on any atom is 0.271 e. The number of halogens is 1. The molecule has 0 fully saturated rings. The van der Waals surface area contributed by atoms with E-state index < -0.39 is 0 Å². The lowest BCUT2D eigenvalue weighted by molar-refractivity contribution is 0.0955.